The molecule has 2 aromatic carbocycles. The van der Waals surface area contributed by atoms with E-state index in [2.05, 4.69) is 31.2 Å². The van der Waals surface area contributed by atoms with Crippen LogP contribution < -0.4 is 5.32 Å². The number of aromatic nitrogens is 2. The largest absolute Gasteiger partial charge is 0.342 e. The minimum Gasteiger partial charge on any atom is -0.342 e. The first-order chi connectivity index (χ1) is 10.0. The van der Waals surface area contributed by atoms with Gasteiger partial charge < -0.3 is 10.3 Å². The van der Waals surface area contributed by atoms with Crippen molar-refractivity contribution in [3.05, 3.63) is 57.8 Å². The number of nitrogens with one attached hydrogen (secondary N) is 2. The molecule has 0 radical (unpaired) electrons. The number of rotatable bonds is 2. The van der Waals surface area contributed by atoms with Gasteiger partial charge in [-0.2, -0.15) is 0 Å². The van der Waals surface area contributed by atoms with Crippen LogP contribution in [-0.2, 0) is 0 Å². The standard InChI is InChI=1S/C16H14BrN3O/c1-9-12(4-3-5-13(9)17)16(21)20-11-6-7-14-15(8-11)19-10(2)18-14/h3-8H,1-2H3,(H,18,19)(H,20,21). The van der Waals surface area contributed by atoms with E-state index in [-0.39, 0.29) is 5.91 Å². The van der Waals surface area contributed by atoms with E-state index in [1.165, 1.54) is 0 Å². The van der Waals surface area contributed by atoms with E-state index in [0.29, 0.717) is 5.56 Å². The zero-order valence-corrected chi connectivity index (χ0v) is 13.3. The molecule has 1 amide bonds. The van der Waals surface area contributed by atoms with Gasteiger partial charge in [-0.15, -0.1) is 0 Å². The predicted molar refractivity (Wildman–Crippen MR) is 87.7 cm³/mol. The van der Waals surface area contributed by atoms with E-state index in [1.807, 2.05) is 50.2 Å². The summed E-state index contributed by atoms with van der Waals surface area (Å²) in [4.78, 5) is 19.9. The zero-order chi connectivity index (χ0) is 15.0. The molecule has 0 aliphatic rings. The number of benzene rings is 2. The minimum atomic E-state index is -0.121. The molecule has 0 bridgehead atoms. The molecule has 2 N–H and O–H groups in total. The van der Waals surface area contributed by atoms with Crippen LogP contribution in [0.4, 0.5) is 5.69 Å². The molecule has 1 heterocycles. The van der Waals surface area contributed by atoms with Gasteiger partial charge in [0.1, 0.15) is 5.82 Å². The Bertz CT molecular complexity index is 839. The Kier molecular flexibility index (Phi) is 3.51. The van der Waals surface area contributed by atoms with Crippen LogP contribution in [0.25, 0.3) is 11.0 Å². The molecule has 0 saturated carbocycles. The molecule has 0 aliphatic heterocycles. The van der Waals surface area contributed by atoms with Crippen LogP contribution in [0.5, 0.6) is 0 Å². The second-order valence-electron chi connectivity index (χ2n) is 4.92. The van der Waals surface area contributed by atoms with Gasteiger partial charge in [0.25, 0.3) is 5.91 Å². The molecule has 3 aromatic rings. The first-order valence-corrected chi connectivity index (χ1v) is 7.37. The Hall–Kier alpha value is -2.14. The van der Waals surface area contributed by atoms with Crippen molar-refractivity contribution in [3.8, 4) is 0 Å². The summed E-state index contributed by atoms with van der Waals surface area (Å²) in [6, 6.07) is 11.2. The average molecular weight is 344 g/mol. The number of H-pyrrole nitrogens is 1. The number of carbonyl (C=O) groups excluding carboxylic acids is 1. The number of carbonyl (C=O) groups is 1. The van der Waals surface area contributed by atoms with E-state index >= 15 is 0 Å². The van der Waals surface area contributed by atoms with Gasteiger partial charge in [0, 0.05) is 15.7 Å². The third-order valence-electron chi connectivity index (χ3n) is 3.37. The van der Waals surface area contributed by atoms with E-state index in [9.17, 15) is 4.79 Å². The molecule has 0 spiro atoms. The van der Waals surface area contributed by atoms with E-state index < -0.39 is 0 Å². The number of aromatic amines is 1. The summed E-state index contributed by atoms with van der Waals surface area (Å²) >= 11 is 3.44. The number of anilines is 1. The molecule has 106 valence electrons. The second-order valence-corrected chi connectivity index (χ2v) is 5.77. The highest BCUT2D eigenvalue weighted by molar-refractivity contribution is 9.10. The highest BCUT2D eigenvalue weighted by atomic mass is 79.9. The number of hydrogen-bond acceptors (Lipinski definition) is 2. The van der Waals surface area contributed by atoms with Crippen molar-refractivity contribution in [1.29, 1.82) is 0 Å². The van der Waals surface area contributed by atoms with Crippen LogP contribution in [0.2, 0.25) is 0 Å². The Morgan fingerprint density at radius 1 is 1.24 bits per heavy atom. The molecular weight excluding hydrogens is 330 g/mol. The van der Waals surface area contributed by atoms with Crippen molar-refractivity contribution in [2.75, 3.05) is 5.32 Å². The molecule has 21 heavy (non-hydrogen) atoms. The SMILES string of the molecule is Cc1nc2ccc(NC(=O)c3cccc(Br)c3C)cc2[nH]1. The van der Waals surface area contributed by atoms with Gasteiger partial charge in [-0.1, -0.05) is 22.0 Å². The van der Waals surface area contributed by atoms with Gasteiger partial charge >= 0.3 is 0 Å². The van der Waals surface area contributed by atoms with Crippen molar-refractivity contribution in [1.82, 2.24) is 9.97 Å². The maximum atomic E-state index is 12.4. The number of aryl methyl sites for hydroxylation is 1. The summed E-state index contributed by atoms with van der Waals surface area (Å²) in [6.45, 7) is 3.82. The number of imidazole rings is 1. The lowest BCUT2D eigenvalue weighted by Gasteiger charge is -2.09. The Labute approximate surface area is 130 Å². The smallest absolute Gasteiger partial charge is 0.255 e. The molecule has 0 aliphatic carbocycles. The van der Waals surface area contributed by atoms with Crippen molar-refractivity contribution in [2.45, 2.75) is 13.8 Å². The van der Waals surface area contributed by atoms with Gasteiger partial charge in [-0.05, 0) is 49.7 Å². The summed E-state index contributed by atoms with van der Waals surface area (Å²) < 4.78 is 0.926. The van der Waals surface area contributed by atoms with Crippen molar-refractivity contribution < 1.29 is 4.79 Å². The lowest BCUT2D eigenvalue weighted by Crippen LogP contribution is -2.13. The Morgan fingerprint density at radius 2 is 2.05 bits per heavy atom. The minimum absolute atomic E-state index is 0.121. The number of halogens is 1. The van der Waals surface area contributed by atoms with Crippen LogP contribution in [-0.4, -0.2) is 15.9 Å². The van der Waals surface area contributed by atoms with E-state index in [4.69, 9.17) is 0 Å². The zero-order valence-electron chi connectivity index (χ0n) is 11.7. The summed E-state index contributed by atoms with van der Waals surface area (Å²) in [6.07, 6.45) is 0. The van der Waals surface area contributed by atoms with Gasteiger partial charge in [0.15, 0.2) is 0 Å². The predicted octanol–water partition coefficient (Wildman–Crippen LogP) is 4.19. The lowest BCUT2D eigenvalue weighted by atomic mass is 10.1. The van der Waals surface area contributed by atoms with Crippen molar-refractivity contribution >= 4 is 38.6 Å². The molecule has 0 fully saturated rings. The van der Waals surface area contributed by atoms with Gasteiger partial charge in [0.2, 0.25) is 0 Å². The summed E-state index contributed by atoms with van der Waals surface area (Å²) in [5.41, 5.74) is 4.13. The number of fused-ring (bicyclic) bond motifs is 1. The average Bonchev–Trinajstić information content (AvgIpc) is 2.81. The van der Waals surface area contributed by atoms with Gasteiger partial charge in [-0.25, -0.2) is 4.98 Å². The van der Waals surface area contributed by atoms with Gasteiger partial charge in [-0.3, -0.25) is 4.79 Å². The van der Waals surface area contributed by atoms with Crippen molar-refractivity contribution in [3.63, 3.8) is 0 Å². The van der Waals surface area contributed by atoms with Crippen LogP contribution in [0.3, 0.4) is 0 Å². The highest BCUT2D eigenvalue weighted by Crippen LogP contribution is 2.22. The van der Waals surface area contributed by atoms with Crippen LogP contribution in [0, 0.1) is 13.8 Å². The molecule has 3 rings (SSSR count). The maximum Gasteiger partial charge on any atom is 0.255 e. The molecule has 5 heteroatoms. The van der Waals surface area contributed by atoms with E-state index in [1.54, 1.807) is 0 Å². The lowest BCUT2D eigenvalue weighted by molar-refractivity contribution is 0.102. The Balaban J connectivity index is 1.90. The molecule has 0 saturated heterocycles. The van der Waals surface area contributed by atoms with Crippen LogP contribution >= 0.6 is 15.9 Å². The third-order valence-corrected chi connectivity index (χ3v) is 4.23. The van der Waals surface area contributed by atoms with Crippen molar-refractivity contribution in [2.24, 2.45) is 0 Å². The molecule has 4 nitrogen and oxygen atoms in total. The van der Waals surface area contributed by atoms with Crippen LogP contribution in [0.1, 0.15) is 21.7 Å². The molecule has 0 unspecified atom stereocenters. The fourth-order valence-corrected chi connectivity index (χ4v) is 2.63. The maximum absolute atomic E-state index is 12.4. The van der Waals surface area contributed by atoms with Gasteiger partial charge in [0.05, 0.1) is 11.0 Å². The number of hydrogen-bond donors (Lipinski definition) is 2. The normalized spacial score (nSPS) is 10.8. The quantitative estimate of drug-likeness (QED) is 0.732. The topological polar surface area (TPSA) is 57.8 Å². The molecule has 0 atom stereocenters. The number of amides is 1. The Morgan fingerprint density at radius 3 is 2.86 bits per heavy atom. The molecule has 1 aromatic heterocycles. The summed E-state index contributed by atoms with van der Waals surface area (Å²) in [5, 5.41) is 2.92. The van der Waals surface area contributed by atoms with E-state index in [0.717, 1.165) is 32.6 Å². The summed E-state index contributed by atoms with van der Waals surface area (Å²) in [7, 11) is 0. The second kappa shape index (κ2) is 5.33. The van der Waals surface area contributed by atoms with Crippen LogP contribution in [0.15, 0.2) is 40.9 Å². The first-order valence-electron chi connectivity index (χ1n) is 6.57. The fourth-order valence-electron chi connectivity index (χ4n) is 2.27. The number of nitrogens with zero attached hydrogens (tertiary/aromatic N) is 1. The molecular formula is C16H14BrN3O. The fraction of sp³-hybridized carbons (Fsp3) is 0.125. The first kappa shape index (κ1) is 13.8. The highest BCUT2D eigenvalue weighted by Gasteiger charge is 2.11. The summed E-state index contributed by atoms with van der Waals surface area (Å²) in [5.74, 6) is 0.737. The third kappa shape index (κ3) is 2.69. The monoisotopic (exact) mass is 343 g/mol.